The van der Waals surface area contributed by atoms with E-state index in [9.17, 15) is 4.79 Å². The summed E-state index contributed by atoms with van der Waals surface area (Å²) in [7, 11) is 1.00. The van der Waals surface area contributed by atoms with Gasteiger partial charge in [-0.1, -0.05) is 156 Å². The number of aliphatic hydroxyl groups is 1. The first kappa shape index (κ1) is 47.5. The van der Waals surface area contributed by atoms with Gasteiger partial charge in [-0.05, 0) is 70.5 Å². The molecule has 0 aliphatic rings. The van der Waals surface area contributed by atoms with Crippen LogP contribution in [0.5, 0.6) is 0 Å². The van der Waals surface area contributed by atoms with Crippen LogP contribution in [0.15, 0.2) is 0 Å². The number of aliphatic hydroxyl groups excluding tert-OH is 1. The summed E-state index contributed by atoms with van der Waals surface area (Å²) in [6.45, 7) is 14.8. The van der Waals surface area contributed by atoms with E-state index in [1.807, 2.05) is 0 Å². The van der Waals surface area contributed by atoms with Gasteiger partial charge in [0.2, 0.25) is 0 Å². The second-order valence-corrected chi connectivity index (χ2v) is 13.8. The largest absolute Gasteiger partial charge is 0.465 e. The molecule has 0 amide bonds. The summed E-state index contributed by atoms with van der Waals surface area (Å²) in [5.74, 6) is 0.569. The minimum atomic E-state index is 0.0179. The number of hydrogen-bond acceptors (Lipinski definition) is 5. The highest BCUT2D eigenvalue weighted by Gasteiger charge is 2.13. The Hall–Kier alpha value is -0.650. The van der Waals surface area contributed by atoms with Crippen molar-refractivity contribution in [2.75, 3.05) is 46.6 Å². The molecule has 1 N–H and O–H groups in total. The lowest BCUT2D eigenvalue weighted by Crippen LogP contribution is -2.28. The number of carbonyl (C=O) groups excluding carboxylic acids is 1. The number of hydrogen-bond donors (Lipinski definition) is 1. The molecule has 0 aromatic rings. The Balaban J connectivity index is 0. The maximum atomic E-state index is 12.6. The molecule has 5 nitrogen and oxygen atoms in total. The van der Waals surface area contributed by atoms with E-state index in [2.05, 4.69) is 32.6 Å². The average molecular weight is 656 g/mol. The monoisotopic (exact) mass is 656 g/mol. The van der Waals surface area contributed by atoms with Gasteiger partial charge in [0.05, 0.1) is 6.61 Å². The van der Waals surface area contributed by atoms with Gasteiger partial charge < -0.3 is 19.5 Å². The number of ether oxygens (including phenoxy) is 2. The molecule has 0 rings (SSSR count). The number of nitrogens with zero attached hydrogens (tertiary/aromatic N) is 1. The van der Waals surface area contributed by atoms with Crippen molar-refractivity contribution < 1.29 is 19.4 Å². The lowest BCUT2D eigenvalue weighted by molar-refractivity contribution is -0.145. The Bertz CT molecular complexity index is 559. The van der Waals surface area contributed by atoms with Gasteiger partial charge >= 0.3 is 5.97 Å². The van der Waals surface area contributed by atoms with Crippen LogP contribution in [-0.2, 0) is 14.3 Å². The standard InChI is InChI=1S/C40H81NO3.CH4O/c1-5-9-13-16-18-20-22-25-31-39(30-24-15-11-7-3)38-44-40(42)32-29-35-41(33-12-8-4)34-26-28-37-43-36-27-23-21-19-17-14-10-6-2;1-2/h39H,5-38H2,1-4H3;2H,1H3. The van der Waals surface area contributed by atoms with Crippen molar-refractivity contribution >= 4 is 5.97 Å². The molecule has 0 radical (unpaired) electrons. The SMILES string of the molecule is CCCCCCCCCCOCCCCN(CCCC)CCCC(=O)OCC(CCCCCC)CCCCCCCCCC.CO. The van der Waals surface area contributed by atoms with Crippen LogP contribution < -0.4 is 0 Å². The van der Waals surface area contributed by atoms with E-state index in [4.69, 9.17) is 14.6 Å². The summed E-state index contributed by atoms with van der Waals surface area (Å²) in [6.07, 6.45) is 35.6. The van der Waals surface area contributed by atoms with Crippen LogP contribution in [0.25, 0.3) is 0 Å². The van der Waals surface area contributed by atoms with Crippen LogP contribution in [0.1, 0.15) is 207 Å². The van der Waals surface area contributed by atoms with E-state index in [1.54, 1.807) is 0 Å². The maximum Gasteiger partial charge on any atom is 0.305 e. The average Bonchev–Trinajstić information content (AvgIpc) is 3.07. The van der Waals surface area contributed by atoms with E-state index < -0.39 is 0 Å². The number of unbranched alkanes of at least 4 members (excludes halogenated alkanes) is 19. The molecule has 0 bridgehead atoms. The van der Waals surface area contributed by atoms with Gasteiger partial charge in [-0.3, -0.25) is 4.79 Å². The molecule has 5 heteroatoms. The fourth-order valence-electron chi connectivity index (χ4n) is 6.16. The van der Waals surface area contributed by atoms with Crippen molar-refractivity contribution in [3.05, 3.63) is 0 Å². The molecule has 0 heterocycles. The third-order valence-electron chi connectivity index (χ3n) is 9.25. The van der Waals surface area contributed by atoms with Gasteiger partial charge in [0.1, 0.15) is 0 Å². The van der Waals surface area contributed by atoms with Crippen molar-refractivity contribution in [1.29, 1.82) is 0 Å². The Morgan fingerprint density at radius 3 is 1.41 bits per heavy atom. The van der Waals surface area contributed by atoms with Crippen molar-refractivity contribution in [3.8, 4) is 0 Å². The normalized spacial score (nSPS) is 11.9. The molecule has 0 aromatic carbocycles. The minimum absolute atomic E-state index is 0.0179. The quantitative estimate of drug-likeness (QED) is 0.0533. The lowest BCUT2D eigenvalue weighted by Gasteiger charge is -2.22. The zero-order chi connectivity index (χ0) is 34.2. The molecule has 0 spiro atoms. The van der Waals surface area contributed by atoms with E-state index in [1.165, 1.54) is 161 Å². The topological polar surface area (TPSA) is 59.0 Å². The highest BCUT2D eigenvalue weighted by molar-refractivity contribution is 5.69. The molecule has 0 fully saturated rings. The van der Waals surface area contributed by atoms with Gasteiger partial charge in [0, 0.05) is 26.7 Å². The molecule has 0 saturated carbocycles. The molecule has 278 valence electrons. The minimum Gasteiger partial charge on any atom is -0.465 e. The summed E-state index contributed by atoms with van der Waals surface area (Å²) in [4.78, 5) is 15.2. The first-order valence-corrected chi connectivity index (χ1v) is 20.6. The third kappa shape index (κ3) is 37.8. The molecule has 46 heavy (non-hydrogen) atoms. The highest BCUT2D eigenvalue weighted by Crippen LogP contribution is 2.20. The van der Waals surface area contributed by atoms with Crippen molar-refractivity contribution in [2.45, 2.75) is 207 Å². The summed E-state index contributed by atoms with van der Waals surface area (Å²) in [5.41, 5.74) is 0. The Kier molecular flexibility index (Phi) is 43.7. The molecular formula is C41H85NO4. The molecule has 0 aliphatic heterocycles. The first-order valence-electron chi connectivity index (χ1n) is 20.6. The first-order chi connectivity index (χ1) is 22.7. The summed E-state index contributed by atoms with van der Waals surface area (Å²) < 4.78 is 11.8. The molecule has 1 atom stereocenters. The highest BCUT2D eigenvalue weighted by atomic mass is 16.5. The van der Waals surface area contributed by atoms with Crippen LogP contribution in [0, 0.1) is 5.92 Å². The lowest BCUT2D eigenvalue weighted by atomic mass is 9.95. The molecule has 0 saturated heterocycles. The zero-order valence-electron chi connectivity index (χ0n) is 32.2. The van der Waals surface area contributed by atoms with E-state index in [-0.39, 0.29) is 5.97 Å². The van der Waals surface area contributed by atoms with Crippen LogP contribution >= 0.6 is 0 Å². The number of carbonyl (C=O) groups is 1. The zero-order valence-corrected chi connectivity index (χ0v) is 32.2. The summed E-state index contributed by atoms with van der Waals surface area (Å²) in [6, 6.07) is 0. The Morgan fingerprint density at radius 2 is 0.891 bits per heavy atom. The smallest absolute Gasteiger partial charge is 0.305 e. The van der Waals surface area contributed by atoms with Gasteiger partial charge in [0.25, 0.3) is 0 Å². The molecule has 0 aromatic heterocycles. The van der Waals surface area contributed by atoms with Gasteiger partial charge in [0.15, 0.2) is 0 Å². The fourth-order valence-corrected chi connectivity index (χ4v) is 6.16. The predicted molar refractivity (Wildman–Crippen MR) is 202 cm³/mol. The van der Waals surface area contributed by atoms with E-state index >= 15 is 0 Å². The molecular weight excluding hydrogens is 570 g/mol. The third-order valence-corrected chi connectivity index (χ3v) is 9.25. The van der Waals surface area contributed by atoms with Crippen molar-refractivity contribution in [3.63, 3.8) is 0 Å². The van der Waals surface area contributed by atoms with Crippen molar-refractivity contribution in [2.24, 2.45) is 5.92 Å². The number of rotatable bonds is 37. The fraction of sp³-hybridized carbons (Fsp3) is 0.976. The number of esters is 1. The van der Waals surface area contributed by atoms with Crippen LogP contribution in [0.2, 0.25) is 0 Å². The second-order valence-electron chi connectivity index (χ2n) is 13.8. The van der Waals surface area contributed by atoms with Crippen LogP contribution in [0.3, 0.4) is 0 Å². The van der Waals surface area contributed by atoms with Crippen LogP contribution in [0.4, 0.5) is 0 Å². The van der Waals surface area contributed by atoms with Gasteiger partial charge in [-0.25, -0.2) is 0 Å². The van der Waals surface area contributed by atoms with Gasteiger partial charge in [-0.2, -0.15) is 0 Å². The maximum absolute atomic E-state index is 12.6. The summed E-state index contributed by atoms with van der Waals surface area (Å²) in [5, 5.41) is 7.00. The summed E-state index contributed by atoms with van der Waals surface area (Å²) >= 11 is 0. The Labute approximate surface area is 289 Å². The molecule has 0 aliphatic carbocycles. The van der Waals surface area contributed by atoms with Crippen LogP contribution in [-0.4, -0.2) is 62.5 Å². The second kappa shape index (κ2) is 42.4. The van der Waals surface area contributed by atoms with Gasteiger partial charge in [-0.15, -0.1) is 0 Å². The van der Waals surface area contributed by atoms with E-state index in [0.29, 0.717) is 18.9 Å². The van der Waals surface area contributed by atoms with E-state index in [0.717, 1.165) is 52.8 Å². The van der Waals surface area contributed by atoms with Crippen molar-refractivity contribution in [1.82, 2.24) is 4.90 Å². The predicted octanol–water partition coefficient (Wildman–Crippen LogP) is 12.1. The molecule has 1 unspecified atom stereocenters. The Morgan fingerprint density at radius 1 is 0.500 bits per heavy atom.